The first kappa shape index (κ1) is 24.5. The van der Waals surface area contributed by atoms with E-state index in [0.29, 0.717) is 25.7 Å². The van der Waals surface area contributed by atoms with Crippen molar-refractivity contribution in [3.05, 3.63) is 15.6 Å². The number of rotatable bonds is 8. The third-order valence-electron chi connectivity index (χ3n) is 4.17. The van der Waals surface area contributed by atoms with Crippen molar-refractivity contribution in [3.63, 3.8) is 0 Å². The lowest BCUT2D eigenvalue weighted by atomic mass is 10.1. The Morgan fingerprint density at radius 1 is 1.33 bits per heavy atom. The van der Waals surface area contributed by atoms with E-state index in [1.807, 2.05) is 13.8 Å². The van der Waals surface area contributed by atoms with Crippen molar-refractivity contribution in [2.45, 2.75) is 45.8 Å². The summed E-state index contributed by atoms with van der Waals surface area (Å²) in [7, 11) is -1.69. The number of ether oxygens (including phenoxy) is 1. The van der Waals surface area contributed by atoms with E-state index in [4.69, 9.17) is 4.74 Å². The molecule has 1 atom stereocenters. The molecule has 1 aromatic heterocycles. The molecule has 0 bridgehead atoms. The number of sulfonamides is 1. The Labute approximate surface area is 183 Å². The van der Waals surface area contributed by atoms with Crippen LogP contribution in [0.15, 0.2) is 4.99 Å². The lowest BCUT2D eigenvalue weighted by Crippen LogP contribution is -2.42. The van der Waals surface area contributed by atoms with Gasteiger partial charge in [0.05, 0.1) is 24.1 Å². The lowest BCUT2D eigenvalue weighted by Gasteiger charge is -2.22. The van der Waals surface area contributed by atoms with E-state index in [9.17, 15) is 8.42 Å². The van der Waals surface area contributed by atoms with Gasteiger partial charge in [-0.1, -0.05) is 0 Å². The summed E-state index contributed by atoms with van der Waals surface area (Å²) in [5.74, 6) is 0.539. The molecule has 0 radical (unpaired) electrons. The average Bonchev–Trinajstić information content (AvgIpc) is 2.95. The van der Waals surface area contributed by atoms with Crippen molar-refractivity contribution in [2.24, 2.45) is 4.99 Å². The largest absolute Gasteiger partial charge is 0.377 e. The molecule has 0 saturated carbocycles. The molecule has 1 fully saturated rings. The molecule has 0 aromatic carbocycles. The number of hydrogen-bond acceptors (Lipinski definition) is 6. The Kier molecular flexibility index (Phi) is 11.0. The van der Waals surface area contributed by atoms with Crippen LogP contribution < -0.4 is 15.4 Å². The van der Waals surface area contributed by atoms with E-state index in [1.54, 1.807) is 18.4 Å². The molecule has 1 saturated heterocycles. The zero-order valence-electron chi connectivity index (χ0n) is 16.1. The molecule has 0 amide bonds. The average molecular weight is 531 g/mol. The van der Waals surface area contributed by atoms with E-state index >= 15 is 0 Å². The van der Waals surface area contributed by atoms with Crippen LogP contribution in [0.25, 0.3) is 0 Å². The van der Waals surface area contributed by atoms with Gasteiger partial charge in [0.25, 0.3) is 0 Å². The van der Waals surface area contributed by atoms with E-state index in [0.717, 1.165) is 30.0 Å². The third kappa shape index (κ3) is 9.03. The van der Waals surface area contributed by atoms with Crippen LogP contribution in [0, 0.1) is 13.8 Å². The van der Waals surface area contributed by atoms with Crippen molar-refractivity contribution in [1.29, 1.82) is 0 Å². The fourth-order valence-corrected chi connectivity index (χ4v) is 4.39. The first-order valence-corrected chi connectivity index (χ1v) is 11.3. The number of halogens is 1. The Bertz CT molecular complexity index is 683. The van der Waals surface area contributed by atoms with E-state index in [1.165, 1.54) is 4.88 Å². The third-order valence-corrected chi connectivity index (χ3v) is 6.59. The molecule has 1 aliphatic rings. The van der Waals surface area contributed by atoms with Gasteiger partial charge in [-0.25, -0.2) is 18.1 Å². The summed E-state index contributed by atoms with van der Waals surface area (Å²) in [4.78, 5) is 9.77. The molecule has 1 aromatic rings. The predicted molar refractivity (Wildman–Crippen MR) is 121 cm³/mol. The SMILES string of the molecule is CN=C(NCCS(=O)(=O)NCC1CCCCO1)NCc1nc(C)c(C)s1.I. The van der Waals surface area contributed by atoms with Gasteiger partial charge in [0.2, 0.25) is 10.0 Å². The topological polar surface area (TPSA) is 105 Å². The molecule has 2 rings (SSSR count). The maximum atomic E-state index is 12.1. The monoisotopic (exact) mass is 531 g/mol. The molecule has 0 spiro atoms. The number of nitrogens with one attached hydrogen (secondary N) is 3. The number of nitrogens with zero attached hydrogens (tertiary/aromatic N) is 2. The number of guanidine groups is 1. The summed E-state index contributed by atoms with van der Waals surface area (Å²) in [6.07, 6.45) is 3.05. The standard InChI is InChI=1S/C16H29N5O3S2.HI/c1-12-13(2)25-15(21-12)11-19-16(17-3)18-7-9-26(22,23)20-10-14-6-4-5-8-24-14;/h14,20H,4-11H2,1-3H3,(H2,17,18,19);1H. The Hall–Kier alpha value is -0.500. The van der Waals surface area contributed by atoms with Crippen LogP contribution in [-0.4, -0.2) is 58.0 Å². The summed E-state index contributed by atoms with van der Waals surface area (Å²) in [6.45, 7) is 5.92. The van der Waals surface area contributed by atoms with Crippen molar-refractivity contribution in [2.75, 3.05) is 32.5 Å². The maximum absolute atomic E-state index is 12.1. The van der Waals surface area contributed by atoms with Crippen LogP contribution in [0.5, 0.6) is 0 Å². The lowest BCUT2D eigenvalue weighted by molar-refractivity contribution is 0.0200. The van der Waals surface area contributed by atoms with Gasteiger partial charge in [0.1, 0.15) is 5.01 Å². The zero-order chi connectivity index (χ0) is 19.0. The summed E-state index contributed by atoms with van der Waals surface area (Å²) in [5.41, 5.74) is 1.04. The summed E-state index contributed by atoms with van der Waals surface area (Å²) < 4.78 is 32.3. The van der Waals surface area contributed by atoms with Crippen LogP contribution in [0.4, 0.5) is 0 Å². The second kappa shape index (κ2) is 12.1. The Morgan fingerprint density at radius 3 is 2.70 bits per heavy atom. The van der Waals surface area contributed by atoms with E-state index < -0.39 is 10.0 Å². The van der Waals surface area contributed by atoms with Crippen LogP contribution in [-0.2, 0) is 21.3 Å². The van der Waals surface area contributed by atoms with Crippen molar-refractivity contribution in [1.82, 2.24) is 20.3 Å². The first-order chi connectivity index (χ1) is 12.4. The molecule has 11 heteroatoms. The minimum atomic E-state index is -3.34. The molecule has 1 unspecified atom stereocenters. The van der Waals surface area contributed by atoms with Crippen molar-refractivity contribution in [3.8, 4) is 0 Å². The van der Waals surface area contributed by atoms with Crippen LogP contribution >= 0.6 is 35.3 Å². The molecular weight excluding hydrogens is 501 g/mol. The Balaban J connectivity index is 0.00000364. The molecule has 2 heterocycles. The number of aryl methyl sites for hydroxylation is 2. The van der Waals surface area contributed by atoms with Crippen molar-refractivity contribution >= 4 is 51.3 Å². The normalized spacial score (nSPS) is 18.0. The minimum Gasteiger partial charge on any atom is -0.377 e. The quantitative estimate of drug-likeness (QED) is 0.267. The van der Waals surface area contributed by atoms with Crippen molar-refractivity contribution < 1.29 is 13.2 Å². The molecule has 0 aliphatic carbocycles. The van der Waals surface area contributed by atoms with Gasteiger partial charge >= 0.3 is 0 Å². The number of hydrogen-bond donors (Lipinski definition) is 3. The summed E-state index contributed by atoms with van der Waals surface area (Å²) >= 11 is 1.64. The van der Waals surface area contributed by atoms with Gasteiger partial charge in [-0.05, 0) is 33.1 Å². The second-order valence-corrected chi connectivity index (χ2v) is 9.47. The Morgan fingerprint density at radius 2 is 2.11 bits per heavy atom. The molecular formula is C16H30IN5O3S2. The van der Waals surface area contributed by atoms with Gasteiger partial charge < -0.3 is 15.4 Å². The highest BCUT2D eigenvalue weighted by Gasteiger charge is 2.17. The molecule has 27 heavy (non-hydrogen) atoms. The highest BCUT2D eigenvalue weighted by atomic mass is 127. The molecule has 3 N–H and O–H groups in total. The smallest absolute Gasteiger partial charge is 0.213 e. The van der Waals surface area contributed by atoms with Gasteiger partial charge in [-0.15, -0.1) is 35.3 Å². The number of aliphatic imine (C=N–C) groups is 1. The summed E-state index contributed by atoms with van der Waals surface area (Å²) in [5, 5.41) is 7.14. The maximum Gasteiger partial charge on any atom is 0.213 e. The highest BCUT2D eigenvalue weighted by Crippen LogP contribution is 2.15. The van der Waals surface area contributed by atoms with E-state index in [2.05, 4.69) is 25.3 Å². The highest BCUT2D eigenvalue weighted by molar-refractivity contribution is 14.0. The first-order valence-electron chi connectivity index (χ1n) is 8.86. The zero-order valence-corrected chi connectivity index (χ0v) is 20.0. The van der Waals surface area contributed by atoms with Crippen LogP contribution in [0.3, 0.4) is 0 Å². The summed E-state index contributed by atoms with van der Waals surface area (Å²) in [6, 6.07) is 0. The van der Waals surface area contributed by atoms with Gasteiger partial charge in [0.15, 0.2) is 5.96 Å². The fourth-order valence-electron chi connectivity index (χ4n) is 2.56. The second-order valence-electron chi connectivity index (χ2n) is 6.26. The van der Waals surface area contributed by atoms with Gasteiger partial charge in [-0.3, -0.25) is 4.99 Å². The van der Waals surface area contributed by atoms with Gasteiger partial charge in [-0.2, -0.15) is 0 Å². The molecule has 156 valence electrons. The van der Waals surface area contributed by atoms with Crippen LogP contribution in [0.2, 0.25) is 0 Å². The molecule has 1 aliphatic heterocycles. The number of aromatic nitrogens is 1. The predicted octanol–water partition coefficient (Wildman–Crippen LogP) is 1.53. The van der Waals surface area contributed by atoms with E-state index in [-0.39, 0.29) is 42.4 Å². The minimum absolute atomic E-state index is 0. The number of thiazole rings is 1. The van der Waals surface area contributed by atoms with Crippen LogP contribution in [0.1, 0.15) is 34.8 Å². The molecule has 8 nitrogen and oxygen atoms in total. The van der Waals surface area contributed by atoms with Gasteiger partial charge in [0, 0.05) is 31.6 Å². The fraction of sp³-hybridized carbons (Fsp3) is 0.750.